The highest BCUT2D eigenvalue weighted by atomic mass is 32.2. The first kappa shape index (κ1) is 40.5. The highest BCUT2D eigenvalue weighted by molar-refractivity contribution is 7.88. The zero-order chi connectivity index (χ0) is 40.7. The molecule has 0 fully saturated rings. The van der Waals surface area contributed by atoms with Gasteiger partial charge in [-0.15, -0.1) is 0 Å². The molecule has 5 rings (SSSR count). The van der Waals surface area contributed by atoms with Crippen LogP contribution in [0.2, 0.25) is 0 Å². The molecule has 0 spiro atoms. The number of anilines is 4. The molecule has 54 heavy (non-hydrogen) atoms. The van der Waals surface area contributed by atoms with E-state index in [1.54, 1.807) is 0 Å². The number of halogens is 2. The van der Waals surface area contributed by atoms with Gasteiger partial charge in [0.25, 0.3) is 60.7 Å². The Morgan fingerprint density at radius 3 is 1.04 bits per heavy atom. The number of aromatic nitrogens is 3. The van der Waals surface area contributed by atoms with Gasteiger partial charge in [-0.3, -0.25) is 27.3 Å². The zero-order valence-electron chi connectivity index (χ0n) is 25.2. The molecule has 0 bridgehead atoms. The number of hydrogen-bond donors (Lipinski definition) is 8. The highest BCUT2D eigenvalue weighted by Crippen LogP contribution is 2.40. The van der Waals surface area contributed by atoms with Crippen LogP contribution in [0.5, 0.6) is 0 Å². The van der Waals surface area contributed by atoms with Crippen molar-refractivity contribution in [1.29, 1.82) is 0 Å². The summed E-state index contributed by atoms with van der Waals surface area (Å²) in [6, 6.07) is 1.10. The molecule has 8 N–H and O–H groups in total. The van der Waals surface area contributed by atoms with Crippen LogP contribution in [0.3, 0.4) is 0 Å². The van der Waals surface area contributed by atoms with Crippen molar-refractivity contribution < 1.29 is 86.6 Å². The van der Waals surface area contributed by atoms with Crippen LogP contribution in [0.15, 0.2) is 72.1 Å². The summed E-state index contributed by atoms with van der Waals surface area (Å²) < 4.78 is 234. The van der Waals surface area contributed by atoms with Gasteiger partial charge in [0, 0.05) is 21.5 Å². The maximum Gasteiger partial charge on any atom is 0.295 e. The van der Waals surface area contributed by atoms with E-state index >= 15 is 8.78 Å². The second-order valence-corrected chi connectivity index (χ2v) is 18.8. The summed E-state index contributed by atoms with van der Waals surface area (Å²) in [4.78, 5) is 2.01. The van der Waals surface area contributed by atoms with E-state index in [4.69, 9.17) is 0 Å². The molecule has 290 valence electrons. The third-order valence-corrected chi connectivity index (χ3v) is 12.1. The summed E-state index contributed by atoms with van der Waals surface area (Å²) in [6.45, 7) is 0. The van der Waals surface area contributed by atoms with Crippen LogP contribution >= 0.6 is 0 Å². The third kappa shape index (κ3) is 7.91. The van der Waals surface area contributed by atoms with Crippen molar-refractivity contribution in [3.8, 4) is 0 Å². The van der Waals surface area contributed by atoms with Crippen LogP contribution in [0.25, 0.3) is 21.5 Å². The number of hydrogen-bond acceptors (Lipinski definition) is 17. The molecule has 0 saturated carbocycles. The third-order valence-electron chi connectivity index (χ3n) is 6.92. The Balaban J connectivity index is 1.72. The van der Waals surface area contributed by atoms with Crippen LogP contribution in [0, 0.1) is 11.6 Å². The summed E-state index contributed by atoms with van der Waals surface area (Å²) in [5.41, 5.74) is -2.26. The van der Waals surface area contributed by atoms with Gasteiger partial charge in [0.2, 0.25) is 11.9 Å². The average molecular weight is 880 g/mol. The van der Waals surface area contributed by atoms with E-state index in [1.807, 2.05) is 10.6 Å². The largest absolute Gasteiger partial charge is 0.321 e. The molecule has 0 amide bonds. The highest BCUT2D eigenvalue weighted by Gasteiger charge is 2.31. The monoisotopic (exact) mass is 879 g/mol. The topological polar surface area (TPSA) is 389 Å². The minimum Gasteiger partial charge on any atom is -0.321 e. The van der Waals surface area contributed by atoms with Crippen LogP contribution in [-0.4, -0.2) is 92.8 Å². The smallest absolute Gasteiger partial charge is 0.295 e. The van der Waals surface area contributed by atoms with E-state index < -0.39 is 147 Å². The molecule has 5 aromatic rings. The first-order chi connectivity index (χ1) is 24.4. The molecule has 0 saturated heterocycles. The average Bonchev–Trinajstić information content (AvgIpc) is 3.00. The molecule has 1 aromatic heterocycles. The van der Waals surface area contributed by atoms with Gasteiger partial charge in [-0.2, -0.15) is 55.5 Å². The fraction of sp³-hybridized carbons (Fsp3) is 0. The fourth-order valence-corrected chi connectivity index (χ4v) is 8.90. The number of benzene rings is 4. The van der Waals surface area contributed by atoms with Gasteiger partial charge < -0.3 is 10.6 Å². The van der Waals surface area contributed by atoms with Gasteiger partial charge in [-0.25, -0.2) is 18.7 Å². The van der Waals surface area contributed by atoms with E-state index in [2.05, 4.69) is 15.0 Å². The SMILES string of the molecule is O=S(=O)(O)c1cc(S(=O)(=O)O)c2c(F)c(Nc3ncnc(Nc4cc(S(=O)(=O)O)c5cc(S(=O)(=O)O)cc(S(=O)(=O)O)c5c4F)n3)cc(S(=O)(=O)O)c2c1. The Bertz CT molecular complexity index is 2970. The van der Waals surface area contributed by atoms with E-state index in [0.29, 0.717) is 6.33 Å². The number of fused-ring (bicyclic) bond motifs is 2. The zero-order valence-corrected chi connectivity index (χ0v) is 30.1. The molecular formula is C23H15F2N5O18S6. The fourth-order valence-electron chi connectivity index (χ4n) is 4.81. The van der Waals surface area contributed by atoms with Crippen molar-refractivity contribution >= 4 is 106 Å². The number of nitrogens with one attached hydrogen (secondary N) is 2. The maximum absolute atomic E-state index is 15.9. The van der Waals surface area contributed by atoms with E-state index in [-0.39, 0.29) is 36.4 Å². The van der Waals surface area contributed by atoms with Crippen molar-refractivity contribution in [2.75, 3.05) is 10.6 Å². The summed E-state index contributed by atoms with van der Waals surface area (Å²) in [5.74, 6) is -5.32. The first-order valence-corrected chi connectivity index (χ1v) is 21.7. The van der Waals surface area contributed by atoms with Gasteiger partial charge in [0.15, 0.2) is 11.6 Å². The lowest BCUT2D eigenvalue weighted by atomic mass is 10.1. The van der Waals surface area contributed by atoms with E-state index in [0.717, 1.165) is 0 Å². The molecule has 0 atom stereocenters. The van der Waals surface area contributed by atoms with Crippen LogP contribution in [0.4, 0.5) is 32.1 Å². The molecule has 0 aliphatic heterocycles. The molecule has 0 unspecified atom stereocenters. The minimum absolute atomic E-state index is 0.0501. The molecule has 23 nitrogen and oxygen atoms in total. The molecule has 0 radical (unpaired) electrons. The second-order valence-electron chi connectivity index (χ2n) is 10.4. The van der Waals surface area contributed by atoms with Gasteiger partial charge in [-0.05, 0) is 36.4 Å². The lowest BCUT2D eigenvalue weighted by molar-refractivity contribution is 0.476. The van der Waals surface area contributed by atoms with Crippen LogP contribution < -0.4 is 10.6 Å². The summed E-state index contributed by atoms with van der Waals surface area (Å²) in [5, 5.41) is -1.02. The molecule has 1 heterocycles. The Morgan fingerprint density at radius 1 is 0.444 bits per heavy atom. The number of rotatable bonds is 10. The first-order valence-electron chi connectivity index (χ1n) is 13.1. The van der Waals surface area contributed by atoms with Gasteiger partial charge >= 0.3 is 0 Å². The van der Waals surface area contributed by atoms with Gasteiger partial charge in [-0.1, -0.05) is 0 Å². The maximum atomic E-state index is 15.9. The molecule has 0 aliphatic carbocycles. The van der Waals surface area contributed by atoms with Gasteiger partial charge in [0.05, 0.1) is 21.2 Å². The standard InChI is InChI=1S/C23H15F2N5O18S6/c24-20-12(5-14(51(37,38)39)10-1-8(49(31,32)33)3-16(18(10)20)53(43,44)45)28-22-26-7-27-23(30-22)29-13-6-15(52(40,41)42)11-2-9(50(34,35)36)4-17(54(46,47)48)19(11)21(13)25/h1-7H,(H,31,32,33)(H,34,35,36)(H,37,38,39)(H,40,41,42)(H,43,44,45)(H,46,47,48)(H2,26,27,28,29,30). The van der Waals surface area contributed by atoms with Crippen molar-refractivity contribution in [2.24, 2.45) is 0 Å². The second kappa shape index (κ2) is 13.0. The van der Waals surface area contributed by atoms with Crippen molar-refractivity contribution in [3.05, 3.63) is 54.4 Å². The van der Waals surface area contributed by atoms with Gasteiger partial charge in [0.1, 0.15) is 25.9 Å². The van der Waals surface area contributed by atoms with E-state index in [9.17, 15) is 77.8 Å². The predicted molar refractivity (Wildman–Crippen MR) is 173 cm³/mol. The Morgan fingerprint density at radius 2 is 0.759 bits per heavy atom. The Labute approximate surface area is 300 Å². The molecule has 0 aliphatic rings. The lowest BCUT2D eigenvalue weighted by Gasteiger charge is -2.16. The summed E-state index contributed by atoms with van der Waals surface area (Å²) in [6.07, 6.45) is 0.562. The predicted octanol–water partition coefficient (Wildman–Crippen LogP) is 1.42. The Kier molecular flexibility index (Phi) is 9.74. The van der Waals surface area contributed by atoms with Crippen LogP contribution in [-0.2, 0) is 60.7 Å². The Hall–Kier alpha value is -4.67. The summed E-state index contributed by atoms with van der Waals surface area (Å²) >= 11 is 0. The quantitative estimate of drug-likeness (QED) is 0.0919. The molecular weight excluding hydrogens is 865 g/mol. The molecule has 4 aromatic carbocycles. The minimum atomic E-state index is -5.65. The van der Waals surface area contributed by atoms with Crippen molar-refractivity contribution in [2.45, 2.75) is 29.4 Å². The van der Waals surface area contributed by atoms with E-state index in [1.165, 1.54) is 0 Å². The summed E-state index contributed by atoms with van der Waals surface area (Å²) in [7, 11) is -33.1. The number of nitrogens with zero attached hydrogens (tertiary/aromatic N) is 3. The van der Waals surface area contributed by atoms with Crippen LogP contribution in [0.1, 0.15) is 0 Å². The lowest BCUT2D eigenvalue weighted by Crippen LogP contribution is -2.11. The van der Waals surface area contributed by atoms with Crippen molar-refractivity contribution in [3.63, 3.8) is 0 Å². The molecule has 31 heteroatoms. The van der Waals surface area contributed by atoms with Crippen molar-refractivity contribution in [1.82, 2.24) is 15.0 Å². The normalized spacial score (nSPS) is 13.3.